The van der Waals surface area contributed by atoms with Crippen LogP contribution in [0.5, 0.6) is 0 Å². The first kappa shape index (κ1) is 19.0. The van der Waals surface area contributed by atoms with Crippen molar-refractivity contribution in [3.05, 3.63) is 94.6 Å². The first-order valence-electron chi connectivity index (χ1n) is 8.93. The van der Waals surface area contributed by atoms with Crippen molar-refractivity contribution in [2.75, 3.05) is 11.9 Å². The Labute approximate surface area is 170 Å². The van der Waals surface area contributed by atoms with E-state index in [0.717, 1.165) is 26.4 Å². The molecule has 4 rings (SSSR count). The Morgan fingerprint density at radius 1 is 1.17 bits per heavy atom. The predicted molar refractivity (Wildman–Crippen MR) is 116 cm³/mol. The highest BCUT2D eigenvalue weighted by Crippen LogP contribution is 2.34. The number of aliphatic hydroxyl groups excluding tert-OH is 1. The van der Waals surface area contributed by atoms with Crippen LogP contribution in [0.2, 0.25) is 0 Å². The quantitative estimate of drug-likeness (QED) is 0.423. The van der Waals surface area contributed by atoms with Crippen LogP contribution in [0.3, 0.4) is 0 Å². The molecule has 0 radical (unpaired) electrons. The van der Waals surface area contributed by atoms with Crippen LogP contribution < -0.4 is 10.5 Å². The molecule has 0 bridgehead atoms. The Balaban J connectivity index is 1.66. The Morgan fingerprint density at radius 3 is 2.62 bits per heavy atom. The second-order valence-corrected chi connectivity index (χ2v) is 7.79. The van der Waals surface area contributed by atoms with Crippen molar-refractivity contribution in [2.45, 2.75) is 6.54 Å². The van der Waals surface area contributed by atoms with E-state index in [1.54, 1.807) is 18.2 Å². The number of thiophene rings is 1. The average Bonchev–Trinajstić information content (AvgIpc) is 3.11. The highest BCUT2D eigenvalue weighted by molar-refractivity contribution is 7.22. The molecule has 2 aromatic carbocycles. The van der Waals surface area contributed by atoms with Crippen LogP contribution in [0.4, 0.5) is 9.39 Å². The Hall–Kier alpha value is -3.38. The third-order valence-corrected chi connectivity index (χ3v) is 5.85. The minimum Gasteiger partial charge on any atom is -0.508 e. The van der Waals surface area contributed by atoms with Gasteiger partial charge in [-0.2, -0.15) is 0 Å². The van der Waals surface area contributed by atoms with E-state index in [1.165, 1.54) is 23.5 Å². The van der Waals surface area contributed by atoms with Gasteiger partial charge >= 0.3 is 5.63 Å². The third kappa shape index (κ3) is 3.79. The van der Waals surface area contributed by atoms with E-state index >= 15 is 0 Å². The van der Waals surface area contributed by atoms with E-state index in [2.05, 4.69) is 11.5 Å². The molecule has 0 aliphatic rings. The summed E-state index contributed by atoms with van der Waals surface area (Å²) in [5.41, 5.74) is 2.99. The van der Waals surface area contributed by atoms with Gasteiger partial charge in [-0.15, -0.1) is 11.3 Å². The molecule has 0 amide bonds. The summed E-state index contributed by atoms with van der Waals surface area (Å²) in [6, 6.07) is 17.8. The molecule has 0 saturated heterocycles. The highest BCUT2D eigenvalue weighted by atomic mass is 32.1. The first-order chi connectivity index (χ1) is 13.9. The maximum atomic E-state index is 13.3. The van der Waals surface area contributed by atoms with Crippen molar-refractivity contribution in [1.29, 1.82) is 0 Å². The van der Waals surface area contributed by atoms with Crippen molar-refractivity contribution in [2.24, 2.45) is 0 Å². The summed E-state index contributed by atoms with van der Waals surface area (Å²) >= 11 is 1.46. The van der Waals surface area contributed by atoms with Crippen molar-refractivity contribution in [1.82, 2.24) is 0 Å². The molecule has 1 N–H and O–H groups in total. The summed E-state index contributed by atoms with van der Waals surface area (Å²) in [4.78, 5) is 14.0. The number of nitrogens with zero attached hydrogens (tertiary/aromatic N) is 1. The highest BCUT2D eigenvalue weighted by Gasteiger charge is 2.14. The largest absolute Gasteiger partial charge is 0.508 e. The van der Waals surface area contributed by atoms with Gasteiger partial charge < -0.3 is 14.4 Å². The van der Waals surface area contributed by atoms with Crippen LogP contribution in [0.15, 0.2) is 76.5 Å². The van der Waals surface area contributed by atoms with Crippen molar-refractivity contribution < 1.29 is 13.9 Å². The fourth-order valence-electron chi connectivity index (χ4n) is 3.19. The normalized spacial score (nSPS) is 11.0. The summed E-state index contributed by atoms with van der Waals surface area (Å²) < 4.78 is 19.3. The van der Waals surface area contributed by atoms with Crippen LogP contribution in [-0.2, 0) is 6.54 Å². The zero-order chi connectivity index (χ0) is 20.5. The molecule has 0 spiro atoms. The molecule has 0 saturated carbocycles. The van der Waals surface area contributed by atoms with Crippen LogP contribution in [-0.4, -0.2) is 12.2 Å². The Kier molecular flexibility index (Phi) is 4.94. The molecule has 146 valence electrons. The van der Waals surface area contributed by atoms with Gasteiger partial charge in [-0.1, -0.05) is 43.0 Å². The maximum absolute atomic E-state index is 13.3. The zero-order valence-corrected chi connectivity index (χ0v) is 16.5. The SMILES string of the molecule is C=C(O)c1cc2sc(N(C)Cc3ccccc3-c3ccc(F)cc3)cc2oc1=O. The smallest absolute Gasteiger partial charge is 0.347 e. The van der Waals surface area contributed by atoms with Gasteiger partial charge in [-0.05, 0) is 34.9 Å². The predicted octanol–water partition coefficient (Wildman–Crippen LogP) is 5.83. The Bertz CT molecular complexity index is 1260. The van der Waals surface area contributed by atoms with Gasteiger partial charge in [0.1, 0.15) is 17.1 Å². The summed E-state index contributed by atoms with van der Waals surface area (Å²) in [7, 11) is 1.95. The van der Waals surface area contributed by atoms with Gasteiger partial charge in [0.15, 0.2) is 5.58 Å². The minimum atomic E-state index is -0.612. The number of hydrogen-bond acceptors (Lipinski definition) is 5. The van der Waals surface area contributed by atoms with Crippen LogP contribution in [0.1, 0.15) is 11.1 Å². The molecule has 4 nitrogen and oxygen atoms in total. The lowest BCUT2D eigenvalue weighted by Crippen LogP contribution is -2.15. The van der Waals surface area contributed by atoms with E-state index < -0.39 is 5.63 Å². The van der Waals surface area contributed by atoms with E-state index in [0.29, 0.717) is 12.1 Å². The number of fused-ring (bicyclic) bond motifs is 1. The van der Waals surface area contributed by atoms with Gasteiger partial charge in [0, 0.05) is 19.7 Å². The molecule has 0 fully saturated rings. The fourth-order valence-corrected chi connectivity index (χ4v) is 4.18. The molecular weight excluding hydrogens is 389 g/mol. The molecule has 2 heterocycles. The lowest BCUT2D eigenvalue weighted by Gasteiger charge is -2.19. The molecule has 6 heteroatoms. The second kappa shape index (κ2) is 7.56. The molecule has 4 aromatic rings. The number of benzene rings is 2. The van der Waals surface area contributed by atoms with Gasteiger partial charge in [-0.25, -0.2) is 9.18 Å². The number of hydrogen-bond donors (Lipinski definition) is 1. The summed E-state index contributed by atoms with van der Waals surface area (Å²) in [6.07, 6.45) is 0. The second-order valence-electron chi connectivity index (χ2n) is 6.73. The fraction of sp³-hybridized carbons (Fsp3) is 0.0870. The minimum absolute atomic E-state index is 0.0650. The van der Waals surface area contributed by atoms with Gasteiger partial charge in [0.2, 0.25) is 0 Å². The molecule has 0 unspecified atom stereocenters. The van der Waals surface area contributed by atoms with Crippen LogP contribution >= 0.6 is 11.3 Å². The topological polar surface area (TPSA) is 53.7 Å². The van der Waals surface area contributed by atoms with Crippen molar-refractivity contribution in [3.8, 4) is 11.1 Å². The van der Waals surface area contributed by atoms with Crippen molar-refractivity contribution >= 4 is 32.4 Å². The maximum Gasteiger partial charge on any atom is 0.347 e. The van der Waals surface area contributed by atoms with Gasteiger partial charge in [0.05, 0.1) is 9.70 Å². The number of halogens is 1. The monoisotopic (exact) mass is 407 g/mol. The average molecular weight is 407 g/mol. The summed E-state index contributed by atoms with van der Waals surface area (Å²) in [6.45, 7) is 4.02. The number of anilines is 1. The number of rotatable bonds is 5. The van der Waals surface area contributed by atoms with E-state index in [4.69, 9.17) is 4.42 Å². The van der Waals surface area contributed by atoms with E-state index in [1.807, 2.05) is 37.4 Å². The summed E-state index contributed by atoms with van der Waals surface area (Å²) in [5, 5.41) is 10.5. The first-order valence-corrected chi connectivity index (χ1v) is 9.75. The zero-order valence-electron chi connectivity index (χ0n) is 15.7. The van der Waals surface area contributed by atoms with Gasteiger partial charge in [-0.3, -0.25) is 0 Å². The molecule has 0 aliphatic carbocycles. The third-order valence-electron chi connectivity index (χ3n) is 4.68. The molecule has 0 aliphatic heterocycles. The Morgan fingerprint density at radius 2 is 1.90 bits per heavy atom. The van der Waals surface area contributed by atoms with E-state index in [-0.39, 0.29) is 17.1 Å². The lowest BCUT2D eigenvalue weighted by molar-refractivity contribution is 0.499. The van der Waals surface area contributed by atoms with E-state index in [9.17, 15) is 14.3 Å². The molecule has 29 heavy (non-hydrogen) atoms. The molecular formula is C23H18FNO3S. The van der Waals surface area contributed by atoms with Gasteiger partial charge in [0.25, 0.3) is 0 Å². The van der Waals surface area contributed by atoms with Crippen LogP contribution in [0.25, 0.3) is 27.2 Å². The molecule has 2 aromatic heterocycles. The number of aliphatic hydroxyl groups is 1. The molecule has 0 atom stereocenters. The lowest BCUT2D eigenvalue weighted by atomic mass is 9.99. The van der Waals surface area contributed by atoms with Crippen LogP contribution in [0, 0.1) is 5.82 Å². The van der Waals surface area contributed by atoms with Crippen molar-refractivity contribution in [3.63, 3.8) is 0 Å². The summed E-state index contributed by atoms with van der Waals surface area (Å²) in [5.74, 6) is -0.572. The standard InChI is InChI=1S/C23H18FNO3S/c1-14(26)19-11-21-20(28-23(19)27)12-22(29-21)25(2)13-16-5-3-4-6-18(16)15-7-9-17(24)10-8-15/h3-12,26H,1,13H2,2H3.